The van der Waals surface area contributed by atoms with E-state index in [2.05, 4.69) is 50.1 Å². The Hall–Kier alpha value is -0.770. The zero-order chi connectivity index (χ0) is 12.7. The van der Waals surface area contributed by atoms with Crippen molar-refractivity contribution in [2.75, 3.05) is 5.75 Å². The highest BCUT2D eigenvalue weighted by molar-refractivity contribution is 7.99. The van der Waals surface area contributed by atoms with Crippen LogP contribution < -0.4 is 11.3 Å². The lowest BCUT2D eigenvalue weighted by atomic mass is 10.1. The summed E-state index contributed by atoms with van der Waals surface area (Å²) in [6.07, 6.45) is 2.08. The van der Waals surface area contributed by atoms with Crippen molar-refractivity contribution >= 4 is 11.8 Å². The van der Waals surface area contributed by atoms with Crippen LogP contribution in [0.15, 0.2) is 41.3 Å². The molecule has 0 heterocycles. The van der Waals surface area contributed by atoms with Gasteiger partial charge in [0, 0.05) is 16.7 Å². The Balaban J connectivity index is 2.39. The number of hydrogen-bond donors (Lipinski definition) is 2. The Kier molecular flexibility index (Phi) is 6.34. The Morgan fingerprint density at radius 2 is 2.29 bits per heavy atom. The van der Waals surface area contributed by atoms with Gasteiger partial charge in [-0.3, -0.25) is 11.3 Å². The first-order chi connectivity index (χ1) is 8.11. The molecule has 1 aromatic rings. The van der Waals surface area contributed by atoms with Crippen molar-refractivity contribution in [1.29, 1.82) is 0 Å². The van der Waals surface area contributed by atoms with Gasteiger partial charge in [0.25, 0.3) is 0 Å². The van der Waals surface area contributed by atoms with E-state index in [9.17, 15) is 0 Å². The summed E-state index contributed by atoms with van der Waals surface area (Å²) in [4.78, 5) is 1.31. The molecule has 1 atom stereocenters. The number of nitrogens with one attached hydrogen (secondary N) is 1. The number of benzene rings is 1. The molecule has 0 amide bonds. The first kappa shape index (κ1) is 14.3. The fourth-order valence-electron chi connectivity index (χ4n) is 1.54. The Bertz CT molecular complexity index is 363. The minimum Gasteiger partial charge on any atom is -0.271 e. The number of aryl methyl sites for hydroxylation is 1. The number of thioether (sulfide) groups is 1. The van der Waals surface area contributed by atoms with Crippen molar-refractivity contribution in [3.8, 4) is 0 Å². The minimum atomic E-state index is 0.345. The highest BCUT2D eigenvalue weighted by atomic mass is 32.2. The van der Waals surface area contributed by atoms with E-state index in [0.29, 0.717) is 6.04 Å². The monoisotopic (exact) mass is 250 g/mol. The van der Waals surface area contributed by atoms with Crippen LogP contribution in [0.4, 0.5) is 0 Å². The number of allylic oxidation sites excluding steroid dienone is 1. The number of rotatable bonds is 7. The van der Waals surface area contributed by atoms with E-state index in [1.165, 1.54) is 16.0 Å². The largest absolute Gasteiger partial charge is 0.271 e. The molecule has 94 valence electrons. The van der Waals surface area contributed by atoms with Gasteiger partial charge in [-0.05, 0) is 38.8 Å². The molecule has 17 heavy (non-hydrogen) atoms. The molecule has 0 saturated heterocycles. The minimum absolute atomic E-state index is 0.345. The smallest absolute Gasteiger partial charge is 0.0307 e. The highest BCUT2D eigenvalue weighted by Gasteiger charge is 2.07. The predicted octanol–water partition coefficient (Wildman–Crippen LogP) is 3.28. The Morgan fingerprint density at radius 3 is 2.88 bits per heavy atom. The SMILES string of the molecule is C=C(C)CCC(CSc1cccc(C)c1)NN. The van der Waals surface area contributed by atoms with Gasteiger partial charge in [0.15, 0.2) is 0 Å². The third kappa shape index (κ3) is 5.91. The van der Waals surface area contributed by atoms with Crippen LogP contribution in [0.25, 0.3) is 0 Å². The van der Waals surface area contributed by atoms with E-state index in [-0.39, 0.29) is 0 Å². The van der Waals surface area contributed by atoms with Crippen LogP contribution >= 0.6 is 11.8 Å². The van der Waals surface area contributed by atoms with Gasteiger partial charge in [-0.2, -0.15) is 0 Å². The van der Waals surface area contributed by atoms with Crippen LogP contribution in [0.1, 0.15) is 25.3 Å². The van der Waals surface area contributed by atoms with E-state index < -0.39 is 0 Å². The molecule has 0 aliphatic carbocycles. The molecular weight excluding hydrogens is 228 g/mol. The third-order valence-electron chi connectivity index (χ3n) is 2.60. The lowest BCUT2D eigenvalue weighted by molar-refractivity contribution is 0.538. The topological polar surface area (TPSA) is 38.0 Å². The molecule has 0 aromatic heterocycles. The van der Waals surface area contributed by atoms with Crippen LogP contribution in [-0.2, 0) is 0 Å². The quantitative estimate of drug-likeness (QED) is 0.337. The van der Waals surface area contributed by atoms with E-state index in [1.807, 2.05) is 11.8 Å². The van der Waals surface area contributed by atoms with Crippen LogP contribution in [0.5, 0.6) is 0 Å². The van der Waals surface area contributed by atoms with Gasteiger partial charge in [-0.1, -0.05) is 23.3 Å². The van der Waals surface area contributed by atoms with Crippen LogP contribution in [0.2, 0.25) is 0 Å². The molecule has 1 rings (SSSR count). The second-order valence-corrected chi connectivity index (χ2v) is 5.58. The average molecular weight is 250 g/mol. The van der Waals surface area contributed by atoms with E-state index in [1.54, 1.807) is 0 Å². The highest BCUT2D eigenvalue weighted by Crippen LogP contribution is 2.21. The lowest BCUT2D eigenvalue weighted by Crippen LogP contribution is -2.36. The maximum Gasteiger partial charge on any atom is 0.0307 e. The summed E-state index contributed by atoms with van der Waals surface area (Å²) in [5.74, 6) is 6.55. The van der Waals surface area contributed by atoms with Gasteiger partial charge >= 0.3 is 0 Å². The molecule has 0 fully saturated rings. The van der Waals surface area contributed by atoms with Crippen LogP contribution in [0.3, 0.4) is 0 Å². The standard InChI is InChI=1S/C14H22N2S/c1-11(2)7-8-13(16-15)10-17-14-6-4-5-12(3)9-14/h4-6,9,13,16H,1,7-8,10,15H2,2-3H3. The molecule has 0 saturated carbocycles. The van der Waals surface area contributed by atoms with Gasteiger partial charge in [0.2, 0.25) is 0 Å². The van der Waals surface area contributed by atoms with Crippen molar-refractivity contribution in [2.45, 2.75) is 37.6 Å². The number of hydrogen-bond acceptors (Lipinski definition) is 3. The number of nitrogens with two attached hydrogens (primary N) is 1. The van der Waals surface area contributed by atoms with Crippen molar-refractivity contribution < 1.29 is 0 Å². The summed E-state index contributed by atoms with van der Waals surface area (Å²) < 4.78 is 0. The summed E-state index contributed by atoms with van der Waals surface area (Å²) in [6, 6.07) is 8.90. The molecule has 1 unspecified atom stereocenters. The van der Waals surface area contributed by atoms with Crippen LogP contribution in [-0.4, -0.2) is 11.8 Å². The molecule has 0 aliphatic heterocycles. The van der Waals surface area contributed by atoms with Crippen molar-refractivity contribution in [2.24, 2.45) is 5.84 Å². The zero-order valence-electron chi connectivity index (χ0n) is 10.7. The van der Waals surface area contributed by atoms with Crippen molar-refractivity contribution in [3.05, 3.63) is 42.0 Å². The summed E-state index contributed by atoms with van der Waals surface area (Å²) in [5.41, 5.74) is 5.39. The Morgan fingerprint density at radius 1 is 1.53 bits per heavy atom. The molecule has 2 nitrogen and oxygen atoms in total. The molecule has 0 radical (unpaired) electrons. The average Bonchev–Trinajstić information content (AvgIpc) is 2.29. The molecular formula is C14H22N2S. The summed E-state index contributed by atoms with van der Waals surface area (Å²) >= 11 is 1.85. The lowest BCUT2D eigenvalue weighted by Gasteiger charge is -2.15. The first-order valence-electron chi connectivity index (χ1n) is 5.92. The van der Waals surface area contributed by atoms with Crippen molar-refractivity contribution in [1.82, 2.24) is 5.43 Å². The molecule has 0 spiro atoms. The maximum atomic E-state index is 5.56. The third-order valence-corrected chi connectivity index (χ3v) is 3.75. The summed E-state index contributed by atoms with van der Waals surface area (Å²) in [6.45, 7) is 8.09. The zero-order valence-corrected chi connectivity index (χ0v) is 11.5. The second-order valence-electron chi connectivity index (χ2n) is 4.49. The molecule has 3 N–H and O–H groups in total. The van der Waals surface area contributed by atoms with Gasteiger partial charge in [-0.15, -0.1) is 18.3 Å². The predicted molar refractivity (Wildman–Crippen MR) is 77.1 cm³/mol. The van der Waals surface area contributed by atoms with Gasteiger partial charge in [-0.25, -0.2) is 0 Å². The van der Waals surface area contributed by atoms with Crippen LogP contribution in [0, 0.1) is 6.92 Å². The van der Waals surface area contributed by atoms with Gasteiger partial charge < -0.3 is 0 Å². The Labute approximate surface area is 109 Å². The summed E-state index contributed by atoms with van der Waals surface area (Å²) in [7, 11) is 0. The summed E-state index contributed by atoms with van der Waals surface area (Å²) in [5, 5.41) is 0. The van der Waals surface area contributed by atoms with E-state index in [4.69, 9.17) is 5.84 Å². The number of hydrazine groups is 1. The first-order valence-corrected chi connectivity index (χ1v) is 6.90. The van der Waals surface area contributed by atoms with Gasteiger partial charge in [0.1, 0.15) is 0 Å². The van der Waals surface area contributed by atoms with Crippen molar-refractivity contribution in [3.63, 3.8) is 0 Å². The molecule has 0 bridgehead atoms. The fourth-order valence-corrected chi connectivity index (χ4v) is 2.64. The molecule has 1 aromatic carbocycles. The van der Waals surface area contributed by atoms with E-state index >= 15 is 0 Å². The maximum absolute atomic E-state index is 5.56. The molecule has 3 heteroatoms. The molecule has 0 aliphatic rings. The van der Waals surface area contributed by atoms with E-state index in [0.717, 1.165) is 18.6 Å². The fraction of sp³-hybridized carbons (Fsp3) is 0.429. The normalized spacial score (nSPS) is 12.4. The van der Waals surface area contributed by atoms with Gasteiger partial charge in [0.05, 0.1) is 0 Å². The second kappa shape index (κ2) is 7.54.